The molecule has 0 spiro atoms. The molecular formula is C10H13NO2S. The number of carbonyl (C=O) groups is 1. The Kier molecular flexibility index (Phi) is 4.49. The molecule has 0 heterocycles. The predicted octanol–water partition coefficient (Wildman–Crippen LogP) is 1.02. The first-order chi connectivity index (χ1) is 6.76. The lowest BCUT2D eigenvalue weighted by Crippen LogP contribution is -2.19. The zero-order chi connectivity index (χ0) is 10.4. The van der Waals surface area contributed by atoms with Crippen molar-refractivity contribution in [3.8, 4) is 0 Å². The first kappa shape index (κ1) is 11.1. The van der Waals surface area contributed by atoms with Crippen molar-refractivity contribution in [2.24, 2.45) is 0 Å². The van der Waals surface area contributed by atoms with Crippen molar-refractivity contribution >= 4 is 17.7 Å². The molecule has 0 aliphatic rings. The van der Waals surface area contributed by atoms with Gasteiger partial charge in [-0.15, -0.1) is 11.8 Å². The van der Waals surface area contributed by atoms with Gasteiger partial charge in [0.25, 0.3) is 0 Å². The van der Waals surface area contributed by atoms with E-state index in [0.29, 0.717) is 5.75 Å². The van der Waals surface area contributed by atoms with Gasteiger partial charge in [0.1, 0.15) is 0 Å². The number of benzene rings is 1. The Balaban J connectivity index is 2.47. The van der Waals surface area contributed by atoms with E-state index in [-0.39, 0.29) is 12.5 Å². The lowest BCUT2D eigenvalue weighted by Gasteiger charge is -2.01. The second-order valence-electron chi connectivity index (χ2n) is 2.76. The highest BCUT2D eigenvalue weighted by Crippen LogP contribution is 2.17. The van der Waals surface area contributed by atoms with E-state index >= 15 is 0 Å². The molecule has 0 saturated carbocycles. The van der Waals surface area contributed by atoms with Crippen LogP contribution in [0.25, 0.3) is 0 Å². The van der Waals surface area contributed by atoms with E-state index in [1.807, 2.05) is 24.3 Å². The largest absolute Gasteiger partial charge is 0.392 e. The number of aliphatic hydroxyl groups is 1. The van der Waals surface area contributed by atoms with Crippen LogP contribution in [0, 0.1) is 0 Å². The Bertz CT molecular complexity index is 297. The van der Waals surface area contributed by atoms with Crippen molar-refractivity contribution in [2.75, 3.05) is 12.8 Å². The van der Waals surface area contributed by atoms with Gasteiger partial charge >= 0.3 is 0 Å². The van der Waals surface area contributed by atoms with Gasteiger partial charge in [-0.3, -0.25) is 4.79 Å². The Labute approximate surface area is 87.5 Å². The molecule has 3 nitrogen and oxygen atoms in total. The van der Waals surface area contributed by atoms with Crippen LogP contribution >= 0.6 is 11.8 Å². The molecular weight excluding hydrogens is 198 g/mol. The lowest BCUT2D eigenvalue weighted by atomic mass is 10.2. The Morgan fingerprint density at radius 2 is 2.07 bits per heavy atom. The summed E-state index contributed by atoms with van der Waals surface area (Å²) in [6.45, 7) is 0.0559. The minimum Gasteiger partial charge on any atom is -0.392 e. The summed E-state index contributed by atoms with van der Waals surface area (Å²) in [6, 6.07) is 7.51. The minimum atomic E-state index is 0.0150. The number of rotatable bonds is 4. The number of amides is 1. The summed E-state index contributed by atoms with van der Waals surface area (Å²) in [6.07, 6.45) is 0. The molecule has 14 heavy (non-hydrogen) atoms. The maximum Gasteiger partial charge on any atom is 0.230 e. The van der Waals surface area contributed by atoms with Crippen LogP contribution in [-0.2, 0) is 11.4 Å². The third-order valence-corrected chi connectivity index (χ3v) is 2.77. The topological polar surface area (TPSA) is 49.3 Å². The molecule has 0 aromatic heterocycles. The van der Waals surface area contributed by atoms with Crippen molar-refractivity contribution in [1.82, 2.24) is 5.32 Å². The molecule has 0 fully saturated rings. The van der Waals surface area contributed by atoms with Crippen LogP contribution in [0.4, 0.5) is 0 Å². The van der Waals surface area contributed by atoms with Gasteiger partial charge in [-0.25, -0.2) is 0 Å². The van der Waals surface area contributed by atoms with Gasteiger partial charge in [0.15, 0.2) is 0 Å². The summed E-state index contributed by atoms with van der Waals surface area (Å²) in [5, 5.41) is 11.4. The van der Waals surface area contributed by atoms with Crippen LogP contribution in [0.15, 0.2) is 29.2 Å². The molecule has 1 rings (SSSR count). The number of carbonyl (C=O) groups excluding carboxylic acids is 1. The van der Waals surface area contributed by atoms with E-state index in [1.54, 1.807) is 7.05 Å². The third-order valence-electron chi connectivity index (χ3n) is 1.75. The standard InChI is InChI=1S/C10H13NO2S/c1-11-10(13)7-14-9-4-2-8(6-12)3-5-9/h2-5,12H,6-7H2,1H3,(H,11,13). The Morgan fingerprint density at radius 1 is 1.43 bits per heavy atom. The maximum atomic E-state index is 10.9. The summed E-state index contributed by atoms with van der Waals surface area (Å²) < 4.78 is 0. The molecule has 1 amide bonds. The van der Waals surface area contributed by atoms with Crippen LogP contribution in [0.1, 0.15) is 5.56 Å². The fourth-order valence-corrected chi connectivity index (χ4v) is 1.68. The van der Waals surface area contributed by atoms with E-state index in [2.05, 4.69) is 5.32 Å². The molecule has 0 aliphatic carbocycles. The molecule has 1 aromatic carbocycles. The van der Waals surface area contributed by atoms with Crippen molar-refractivity contribution in [2.45, 2.75) is 11.5 Å². The summed E-state index contributed by atoms with van der Waals surface area (Å²) in [4.78, 5) is 12.0. The fraction of sp³-hybridized carbons (Fsp3) is 0.300. The average molecular weight is 211 g/mol. The van der Waals surface area contributed by atoms with E-state index in [4.69, 9.17) is 5.11 Å². The van der Waals surface area contributed by atoms with Crippen molar-refractivity contribution in [3.05, 3.63) is 29.8 Å². The zero-order valence-corrected chi connectivity index (χ0v) is 8.80. The fourth-order valence-electron chi connectivity index (χ4n) is 0.912. The van der Waals surface area contributed by atoms with E-state index < -0.39 is 0 Å². The van der Waals surface area contributed by atoms with Crippen LogP contribution < -0.4 is 5.32 Å². The van der Waals surface area contributed by atoms with Gasteiger partial charge in [0, 0.05) is 11.9 Å². The van der Waals surface area contributed by atoms with Gasteiger partial charge in [0.2, 0.25) is 5.91 Å². The second kappa shape index (κ2) is 5.67. The third kappa shape index (κ3) is 3.40. The van der Waals surface area contributed by atoms with Crippen molar-refractivity contribution < 1.29 is 9.90 Å². The summed E-state index contributed by atoms with van der Waals surface area (Å²) in [7, 11) is 1.62. The number of thioether (sulfide) groups is 1. The highest BCUT2D eigenvalue weighted by molar-refractivity contribution is 8.00. The van der Waals surface area contributed by atoms with Gasteiger partial charge < -0.3 is 10.4 Å². The lowest BCUT2D eigenvalue weighted by molar-refractivity contribution is -0.118. The molecule has 0 bridgehead atoms. The molecule has 0 unspecified atom stereocenters. The van der Waals surface area contributed by atoms with Gasteiger partial charge in [-0.05, 0) is 17.7 Å². The van der Waals surface area contributed by atoms with E-state index in [9.17, 15) is 4.79 Å². The molecule has 4 heteroatoms. The van der Waals surface area contributed by atoms with Gasteiger partial charge in [-0.2, -0.15) is 0 Å². The smallest absolute Gasteiger partial charge is 0.230 e. The Hall–Kier alpha value is -1.00. The number of nitrogens with one attached hydrogen (secondary N) is 1. The molecule has 0 radical (unpaired) electrons. The SMILES string of the molecule is CNC(=O)CSc1ccc(CO)cc1. The summed E-state index contributed by atoms with van der Waals surface area (Å²) >= 11 is 1.48. The number of hydrogen-bond acceptors (Lipinski definition) is 3. The Morgan fingerprint density at radius 3 is 2.57 bits per heavy atom. The predicted molar refractivity (Wildman–Crippen MR) is 57.2 cm³/mol. The minimum absolute atomic E-state index is 0.0150. The van der Waals surface area contributed by atoms with Gasteiger partial charge in [-0.1, -0.05) is 12.1 Å². The first-order valence-electron chi connectivity index (χ1n) is 4.29. The zero-order valence-electron chi connectivity index (χ0n) is 7.99. The van der Waals surface area contributed by atoms with E-state index in [1.165, 1.54) is 11.8 Å². The van der Waals surface area contributed by atoms with Crippen LogP contribution in [0.5, 0.6) is 0 Å². The highest BCUT2D eigenvalue weighted by atomic mass is 32.2. The van der Waals surface area contributed by atoms with Crippen LogP contribution in [-0.4, -0.2) is 23.8 Å². The van der Waals surface area contributed by atoms with Crippen LogP contribution in [0.3, 0.4) is 0 Å². The number of hydrogen-bond donors (Lipinski definition) is 2. The maximum absolute atomic E-state index is 10.9. The molecule has 2 N–H and O–H groups in total. The highest BCUT2D eigenvalue weighted by Gasteiger charge is 1.99. The second-order valence-corrected chi connectivity index (χ2v) is 3.81. The molecule has 0 atom stereocenters. The average Bonchev–Trinajstić information content (AvgIpc) is 2.26. The molecule has 1 aromatic rings. The van der Waals surface area contributed by atoms with Crippen molar-refractivity contribution in [1.29, 1.82) is 0 Å². The quantitative estimate of drug-likeness (QED) is 0.731. The van der Waals surface area contributed by atoms with E-state index in [0.717, 1.165) is 10.5 Å². The molecule has 0 saturated heterocycles. The summed E-state index contributed by atoms with van der Waals surface area (Å²) in [5.41, 5.74) is 0.884. The molecule has 76 valence electrons. The van der Waals surface area contributed by atoms with Crippen molar-refractivity contribution in [3.63, 3.8) is 0 Å². The number of aliphatic hydroxyl groups excluding tert-OH is 1. The summed E-state index contributed by atoms with van der Waals surface area (Å²) in [5.74, 6) is 0.441. The normalized spacial score (nSPS) is 9.86. The van der Waals surface area contributed by atoms with Gasteiger partial charge in [0.05, 0.1) is 12.4 Å². The molecule has 0 aliphatic heterocycles. The first-order valence-corrected chi connectivity index (χ1v) is 5.28. The van der Waals surface area contributed by atoms with Crippen LogP contribution in [0.2, 0.25) is 0 Å². The monoisotopic (exact) mass is 211 g/mol.